The summed E-state index contributed by atoms with van der Waals surface area (Å²) in [6.07, 6.45) is 2.67. The van der Waals surface area contributed by atoms with Crippen LogP contribution in [-0.2, 0) is 19.5 Å². The van der Waals surface area contributed by atoms with E-state index >= 15 is 0 Å². The Hall–Kier alpha value is -2.37. The number of benzene rings is 1. The number of aryl methyl sites for hydroxylation is 2. The van der Waals surface area contributed by atoms with Crippen molar-refractivity contribution in [2.45, 2.75) is 47.2 Å². The largest absolute Gasteiger partial charge is 0.356 e. The van der Waals surface area contributed by atoms with E-state index in [0.717, 1.165) is 37.8 Å². The molecule has 0 aliphatic heterocycles. The van der Waals surface area contributed by atoms with Crippen molar-refractivity contribution < 1.29 is 0 Å². The quantitative estimate of drug-likeness (QED) is 0.571. The molecule has 6 heteroatoms. The maximum absolute atomic E-state index is 4.74. The third kappa shape index (κ3) is 6.21. The standard InChI is InChI=1S/C19H30N6/c1-5-18-24-23-14-25(18)11-10-20-19(21-12-15(2)3)22-13-17-9-7-6-8-16(17)4/h6-9,14-15H,5,10-13H2,1-4H3,(H2,20,21,22). The van der Waals surface area contributed by atoms with Crippen LogP contribution in [0.15, 0.2) is 35.6 Å². The Kier molecular flexibility index (Phi) is 7.44. The van der Waals surface area contributed by atoms with Crippen molar-refractivity contribution in [1.29, 1.82) is 0 Å². The van der Waals surface area contributed by atoms with E-state index in [0.29, 0.717) is 12.5 Å². The maximum atomic E-state index is 4.74. The zero-order valence-corrected chi connectivity index (χ0v) is 15.8. The van der Waals surface area contributed by atoms with Crippen molar-refractivity contribution in [3.05, 3.63) is 47.5 Å². The molecule has 0 bridgehead atoms. The number of guanidine groups is 1. The first-order valence-corrected chi connectivity index (χ1v) is 9.03. The summed E-state index contributed by atoms with van der Waals surface area (Å²) in [5.74, 6) is 2.42. The second-order valence-electron chi connectivity index (χ2n) is 6.59. The summed E-state index contributed by atoms with van der Waals surface area (Å²) >= 11 is 0. The average Bonchev–Trinajstić information content (AvgIpc) is 3.05. The van der Waals surface area contributed by atoms with Gasteiger partial charge < -0.3 is 15.2 Å². The molecule has 2 aromatic rings. The highest BCUT2D eigenvalue weighted by Gasteiger charge is 2.04. The van der Waals surface area contributed by atoms with Crippen LogP contribution in [0.2, 0.25) is 0 Å². The zero-order valence-electron chi connectivity index (χ0n) is 15.8. The highest BCUT2D eigenvalue weighted by Crippen LogP contribution is 2.08. The number of aliphatic imine (C=N–C) groups is 1. The van der Waals surface area contributed by atoms with E-state index in [1.165, 1.54) is 11.1 Å². The molecule has 0 saturated heterocycles. The van der Waals surface area contributed by atoms with Crippen molar-refractivity contribution in [1.82, 2.24) is 25.4 Å². The SMILES string of the molecule is CCc1nncn1CCNC(=NCc1ccccc1C)NCC(C)C. The Bertz CT molecular complexity index is 674. The summed E-state index contributed by atoms with van der Waals surface area (Å²) in [6.45, 7) is 11.8. The maximum Gasteiger partial charge on any atom is 0.191 e. The summed E-state index contributed by atoms with van der Waals surface area (Å²) in [7, 11) is 0. The molecule has 136 valence electrons. The van der Waals surface area contributed by atoms with Crippen LogP contribution in [-0.4, -0.2) is 33.8 Å². The van der Waals surface area contributed by atoms with Gasteiger partial charge in [-0.2, -0.15) is 0 Å². The van der Waals surface area contributed by atoms with E-state index in [2.05, 4.69) is 77.4 Å². The molecule has 0 atom stereocenters. The number of hydrogen-bond donors (Lipinski definition) is 2. The molecule has 0 spiro atoms. The highest BCUT2D eigenvalue weighted by molar-refractivity contribution is 5.79. The third-order valence-electron chi connectivity index (χ3n) is 4.00. The van der Waals surface area contributed by atoms with E-state index in [1.807, 2.05) is 0 Å². The molecule has 2 rings (SSSR count). The van der Waals surface area contributed by atoms with Gasteiger partial charge >= 0.3 is 0 Å². The van der Waals surface area contributed by atoms with E-state index in [-0.39, 0.29) is 0 Å². The van der Waals surface area contributed by atoms with Crippen LogP contribution in [0.25, 0.3) is 0 Å². The molecule has 0 radical (unpaired) electrons. The van der Waals surface area contributed by atoms with Crippen LogP contribution in [0.4, 0.5) is 0 Å². The summed E-state index contributed by atoms with van der Waals surface area (Å²) in [5, 5.41) is 14.9. The summed E-state index contributed by atoms with van der Waals surface area (Å²) in [5.41, 5.74) is 2.52. The Morgan fingerprint density at radius 2 is 2.04 bits per heavy atom. The summed E-state index contributed by atoms with van der Waals surface area (Å²) in [6, 6.07) is 8.37. The van der Waals surface area contributed by atoms with Gasteiger partial charge in [0.1, 0.15) is 12.2 Å². The van der Waals surface area contributed by atoms with Gasteiger partial charge in [-0.3, -0.25) is 0 Å². The average molecular weight is 342 g/mol. The van der Waals surface area contributed by atoms with Gasteiger partial charge in [0, 0.05) is 26.1 Å². The fourth-order valence-corrected chi connectivity index (χ4v) is 2.46. The van der Waals surface area contributed by atoms with Gasteiger partial charge in [-0.25, -0.2) is 4.99 Å². The smallest absolute Gasteiger partial charge is 0.191 e. The number of hydrogen-bond acceptors (Lipinski definition) is 3. The van der Waals surface area contributed by atoms with Crippen molar-refractivity contribution >= 4 is 5.96 Å². The lowest BCUT2D eigenvalue weighted by Gasteiger charge is -2.15. The topological polar surface area (TPSA) is 67.1 Å². The fraction of sp³-hybridized carbons (Fsp3) is 0.526. The number of rotatable bonds is 8. The van der Waals surface area contributed by atoms with Gasteiger partial charge in [0.25, 0.3) is 0 Å². The zero-order chi connectivity index (χ0) is 18.1. The Balaban J connectivity index is 1.95. The first-order chi connectivity index (χ1) is 12.1. The Labute approximate surface area is 150 Å². The van der Waals surface area contributed by atoms with Crippen molar-refractivity contribution in [2.75, 3.05) is 13.1 Å². The number of nitrogens with zero attached hydrogens (tertiary/aromatic N) is 4. The molecule has 6 nitrogen and oxygen atoms in total. The summed E-state index contributed by atoms with van der Waals surface area (Å²) in [4.78, 5) is 4.74. The molecule has 25 heavy (non-hydrogen) atoms. The molecule has 0 aliphatic rings. The van der Waals surface area contributed by atoms with Crippen molar-refractivity contribution in [3.63, 3.8) is 0 Å². The van der Waals surface area contributed by atoms with Crippen LogP contribution in [0.1, 0.15) is 37.7 Å². The minimum Gasteiger partial charge on any atom is -0.356 e. The normalized spacial score (nSPS) is 11.8. The molecule has 0 unspecified atom stereocenters. The van der Waals surface area contributed by atoms with E-state index < -0.39 is 0 Å². The lowest BCUT2D eigenvalue weighted by atomic mass is 10.1. The minimum absolute atomic E-state index is 0.565. The predicted molar refractivity (Wildman–Crippen MR) is 103 cm³/mol. The molecule has 0 fully saturated rings. The van der Waals surface area contributed by atoms with Gasteiger partial charge in [0.2, 0.25) is 0 Å². The van der Waals surface area contributed by atoms with E-state index in [1.54, 1.807) is 6.33 Å². The van der Waals surface area contributed by atoms with E-state index in [4.69, 9.17) is 4.99 Å². The number of aromatic nitrogens is 3. The van der Waals surface area contributed by atoms with Gasteiger partial charge in [0.15, 0.2) is 5.96 Å². The van der Waals surface area contributed by atoms with Gasteiger partial charge in [-0.05, 0) is 24.0 Å². The van der Waals surface area contributed by atoms with Gasteiger partial charge in [-0.15, -0.1) is 10.2 Å². The monoisotopic (exact) mass is 342 g/mol. The van der Waals surface area contributed by atoms with Crippen LogP contribution >= 0.6 is 0 Å². The molecule has 0 saturated carbocycles. The predicted octanol–water partition coefficient (Wildman–Crippen LogP) is 2.54. The van der Waals surface area contributed by atoms with Crippen LogP contribution in [0, 0.1) is 12.8 Å². The molecule has 1 heterocycles. The lowest BCUT2D eigenvalue weighted by molar-refractivity contribution is 0.599. The molecule has 2 N–H and O–H groups in total. The van der Waals surface area contributed by atoms with Crippen LogP contribution in [0.5, 0.6) is 0 Å². The minimum atomic E-state index is 0.565. The second-order valence-corrected chi connectivity index (χ2v) is 6.59. The first kappa shape index (κ1) is 19.0. The number of nitrogens with one attached hydrogen (secondary N) is 2. The Morgan fingerprint density at radius 3 is 2.76 bits per heavy atom. The highest BCUT2D eigenvalue weighted by atomic mass is 15.3. The lowest BCUT2D eigenvalue weighted by Crippen LogP contribution is -2.40. The van der Waals surface area contributed by atoms with Crippen LogP contribution in [0.3, 0.4) is 0 Å². The molecule has 0 amide bonds. The van der Waals surface area contributed by atoms with Crippen molar-refractivity contribution in [3.8, 4) is 0 Å². The van der Waals surface area contributed by atoms with Crippen LogP contribution < -0.4 is 10.6 Å². The molecule has 0 aliphatic carbocycles. The molecule has 1 aromatic heterocycles. The summed E-state index contributed by atoms with van der Waals surface area (Å²) < 4.78 is 2.08. The molecular formula is C19H30N6. The van der Waals surface area contributed by atoms with E-state index in [9.17, 15) is 0 Å². The Morgan fingerprint density at radius 1 is 1.24 bits per heavy atom. The van der Waals surface area contributed by atoms with Crippen molar-refractivity contribution in [2.24, 2.45) is 10.9 Å². The first-order valence-electron chi connectivity index (χ1n) is 9.03. The third-order valence-corrected chi connectivity index (χ3v) is 4.00. The molecule has 1 aromatic carbocycles. The van der Waals surface area contributed by atoms with Gasteiger partial charge in [-0.1, -0.05) is 45.0 Å². The molecular weight excluding hydrogens is 312 g/mol. The fourth-order valence-electron chi connectivity index (χ4n) is 2.46. The second kappa shape index (κ2) is 9.81. The van der Waals surface area contributed by atoms with Gasteiger partial charge in [0.05, 0.1) is 6.54 Å².